The van der Waals surface area contributed by atoms with Gasteiger partial charge in [0.05, 0.1) is 11.7 Å². The van der Waals surface area contributed by atoms with Crippen LogP contribution < -0.4 is 0 Å². The van der Waals surface area contributed by atoms with E-state index in [1.807, 2.05) is 0 Å². The van der Waals surface area contributed by atoms with Gasteiger partial charge in [0.25, 0.3) is 0 Å². The van der Waals surface area contributed by atoms with Gasteiger partial charge in [-0.3, -0.25) is 0 Å². The molecule has 0 N–H and O–H groups in total. The summed E-state index contributed by atoms with van der Waals surface area (Å²) in [5.41, 5.74) is 0.168. The quantitative estimate of drug-likeness (QED) is 0.595. The van der Waals surface area contributed by atoms with Gasteiger partial charge in [-0.25, -0.2) is 0 Å². The molecule has 0 spiro atoms. The highest BCUT2D eigenvalue weighted by molar-refractivity contribution is 4.94. The second-order valence-corrected chi connectivity index (χ2v) is 4.67. The van der Waals surface area contributed by atoms with Crippen molar-refractivity contribution >= 4 is 0 Å². The zero-order valence-electron chi connectivity index (χ0n) is 9.30. The summed E-state index contributed by atoms with van der Waals surface area (Å²) in [4.78, 5) is 0. The Morgan fingerprint density at radius 1 is 1.38 bits per heavy atom. The van der Waals surface area contributed by atoms with Gasteiger partial charge < -0.3 is 9.47 Å². The minimum atomic E-state index is 0.168. The molecule has 1 rings (SSSR count). The zero-order chi connectivity index (χ0) is 9.90. The number of epoxide rings is 1. The fourth-order valence-corrected chi connectivity index (χ4v) is 1.64. The third-order valence-electron chi connectivity index (χ3n) is 2.90. The van der Waals surface area contributed by atoms with Crippen molar-refractivity contribution in [2.75, 3.05) is 13.7 Å². The second kappa shape index (κ2) is 4.43. The first-order valence-corrected chi connectivity index (χ1v) is 5.23. The third kappa shape index (κ3) is 3.65. The molecule has 1 aliphatic rings. The van der Waals surface area contributed by atoms with E-state index >= 15 is 0 Å². The van der Waals surface area contributed by atoms with Crippen LogP contribution in [-0.2, 0) is 9.47 Å². The van der Waals surface area contributed by atoms with Crippen LogP contribution in [-0.4, -0.2) is 25.4 Å². The predicted molar refractivity (Wildman–Crippen MR) is 53.8 cm³/mol. The van der Waals surface area contributed by atoms with E-state index in [4.69, 9.17) is 9.47 Å². The average Bonchev–Trinajstić information content (AvgIpc) is 2.67. The van der Waals surface area contributed by atoms with Crippen molar-refractivity contribution < 1.29 is 9.47 Å². The summed E-state index contributed by atoms with van der Waals surface area (Å²) in [6.45, 7) is 7.50. The molecule has 1 fully saturated rings. The van der Waals surface area contributed by atoms with E-state index < -0.39 is 0 Å². The summed E-state index contributed by atoms with van der Waals surface area (Å²) in [7, 11) is 1.76. The van der Waals surface area contributed by atoms with Crippen LogP contribution in [0.2, 0.25) is 0 Å². The van der Waals surface area contributed by atoms with Crippen molar-refractivity contribution in [2.45, 2.75) is 51.7 Å². The molecule has 2 nitrogen and oxygen atoms in total. The predicted octanol–water partition coefficient (Wildman–Crippen LogP) is 2.62. The van der Waals surface area contributed by atoms with Crippen molar-refractivity contribution in [3.8, 4) is 0 Å². The van der Waals surface area contributed by atoms with Crippen LogP contribution in [0.5, 0.6) is 0 Å². The lowest BCUT2D eigenvalue weighted by Gasteiger charge is -2.09. The highest BCUT2D eigenvalue weighted by Gasteiger charge is 2.46. The summed E-state index contributed by atoms with van der Waals surface area (Å²) >= 11 is 0. The zero-order valence-corrected chi connectivity index (χ0v) is 9.30. The Balaban J connectivity index is 2.00. The van der Waals surface area contributed by atoms with Crippen LogP contribution in [0.15, 0.2) is 0 Å². The van der Waals surface area contributed by atoms with Gasteiger partial charge in [0, 0.05) is 13.7 Å². The molecule has 0 aromatic rings. The van der Waals surface area contributed by atoms with E-state index in [2.05, 4.69) is 20.8 Å². The van der Waals surface area contributed by atoms with Crippen molar-refractivity contribution in [1.82, 2.24) is 0 Å². The molecule has 0 saturated carbocycles. The monoisotopic (exact) mass is 186 g/mol. The molecule has 0 aromatic carbocycles. The molecule has 1 saturated heterocycles. The molecule has 1 heterocycles. The number of rotatable bonds is 6. The van der Waals surface area contributed by atoms with Gasteiger partial charge in [-0.1, -0.05) is 6.92 Å². The highest BCUT2D eigenvalue weighted by Crippen LogP contribution is 2.39. The molecule has 0 amide bonds. The van der Waals surface area contributed by atoms with Crippen molar-refractivity contribution in [2.24, 2.45) is 5.92 Å². The Labute approximate surface area is 81.6 Å². The van der Waals surface area contributed by atoms with Gasteiger partial charge in [0.1, 0.15) is 0 Å². The van der Waals surface area contributed by atoms with Gasteiger partial charge in [-0.15, -0.1) is 0 Å². The Hall–Kier alpha value is -0.0800. The molecule has 0 aliphatic carbocycles. The molecule has 1 aliphatic heterocycles. The molecule has 13 heavy (non-hydrogen) atoms. The number of methoxy groups -OCH3 is 1. The van der Waals surface area contributed by atoms with Crippen LogP contribution in [0.1, 0.15) is 40.0 Å². The smallest absolute Gasteiger partial charge is 0.0892 e. The van der Waals surface area contributed by atoms with Gasteiger partial charge >= 0.3 is 0 Å². The standard InChI is InChI=1S/C11H22O2/c1-9(7-8-12-4)5-6-10-11(2,3)13-10/h9-10H,5-8H2,1-4H3. The van der Waals surface area contributed by atoms with Crippen LogP contribution in [0.4, 0.5) is 0 Å². The lowest BCUT2D eigenvalue weighted by atomic mass is 9.98. The minimum absolute atomic E-state index is 0.168. The minimum Gasteiger partial charge on any atom is -0.385 e. The summed E-state index contributed by atoms with van der Waals surface area (Å²) in [5.74, 6) is 0.764. The lowest BCUT2D eigenvalue weighted by molar-refractivity contribution is 0.177. The number of hydrogen-bond acceptors (Lipinski definition) is 2. The fraction of sp³-hybridized carbons (Fsp3) is 1.00. The lowest BCUT2D eigenvalue weighted by Crippen LogP contribution is -2.06. The average molecular weight is 186 g/mol. The van der Waals surface area contributed by atoms with Gasteiger partial charge in [0.15, 0.2) is 0 Å². The molecular formula is C11H22O2. The first-order valence-electron chi connectivity index (χ1n) is 5.23. The van der Waals surface area contributed by atoms with Crippen LogP contribution in [0.25, 0.3) is 0 Å². The Bertz CT molecular complexity index is 154. The molecule has 2 unspecified atom stereocenters. The topological polar surface area (TPSA) is 21.8 Å². The van der Waals surface area contributed by atoms with Crippen LogP contribution in [0, 0.1) is 5.92 Å². The van der Waals surface area contributed by atoms with Crippen molar-refractivity contribution in [3.05, 3.63) is 0 Å². The number of ether oxygens (including phenoxy) is 2. The van der Waals surface area contributed by atoms with Crippen LogP contribution in [0.3, 0.4) is 0 Å². The molecule has 2 heteroatoms. The molecule has 0 radical (unpaired) electrons. The molecule has 78 valence electrons. The Morgan fingerprint density at radius 2 is 2.00 bits per heavy atom. The van der Waals surface area contributed by atoms with Gasteiger partial charge in [0.2, 0.25) is 0 Å². The molecular weight excluding hydrogens is 164 g/mol. The molecule has 0 aromatic heterocycles. The van der Waals surface area contributed by atoms with E-state index in [1.165, 1.54) is 19.3 Å². The summed E-state index contributed by atoms with van der Waals surface area (Å²) in [6, 6.07) is 0. The van der Waals surface area contributed by atoms with E-state index in [0.29, 0.717) is 6.10 Å². The fourth-order valence-electron chi connectivity index (χ4n) is 1.64. The summed E-state index contributed by atoms with van der Waals surface area (Å²) < 4.78 is 10.6. The van der Waals surface area contributed by atoms with Gasteiger partial charge in [-0.05, 0) is 39.0 Å². The first kappa shape index (κ1) is 11.0. The maximum absolute atomic E-state index is 5.53. The van der Waals surface area contributed by atoms with Crippen LogP contribution >= 0.6 is 0 Å². The van der Waals surface area contributed by atoms with E-state index in [-0.39, 0.29) is 5.60 Å². The Kier molecular flexibility index (Phi) is 3.74. The van der Waals surface area contributed by atoms with E-state index in [9.17, 15) is 0 Å². The summed E-state index contributed by atoms with van der Waals surface area (Å²) in [6.07, 6.45) is 4.15. The first-order chi connectivity index (χ1) is 6.06. The maximum Gasteiger partial charge on any atom is 0.0892 e. The molecule has 0 bridgehead atoms. The van der Waals surface area contributed by atoms with E-state index in [1.54, 1.807) is 7.11 Å². The number of hydrogen-bond donors (Lipinski definition) is 0. The third-order valence-corrected chi connectivity index (χ3v) is 2.90. The molecule has 2 atom stereocenters. The van der Waals surface area contributed by atoms with Crippen molar-refractivity contribution in [3.63, 3.8) is 0 Å². The second-order valence-electron chi connectivity index (χ2n) is 4.67. The van der Waals surface area contributed by atoms with Gasteiger partial charge in [-0.2, -0.15) is 0 Å². The Morgan fingerprint density at radius 3 is 2.46 bits per heavy atom. The maximum atomic E-state index is 5.53. The van der Waals surface area contributed by atoms with E-state index in [0.717, 1.165) is 12.5 Å². The largest absolute Gasteiger partial charge is 0.385 e. The van der Waals surface area contributed by atoms with Crippen molar-refractivity contribution in [1.29, 1.82) is 0 Å². The SMILES string of the molecule is COCCC(C)CCC1OC1(C)C. The highest BCUT2D eigenvalue weighted by atomic mass is 16.6. The normalized spacial score (nSPS) is 27.2. The summed E-state index contributed by atoms with van der Waals surface area (Å²) in [5, 5.41) is 0.